The molecule has 0 saturated carbocycles. The van der Waals surface area contributed by atoms with Gasteiger partial charge in [-0.25, -0.2) is 0 Å². The highest BCUT2D eigenvalue weighted by Gasteiger charge is 2.22. The predicted molar refractivity (Wildman–Crippen MR) is 108 cm³/mol. The zero-order valence-electron chi connectivity index (χ0n) is 15.6. The van der Waals surface area contributed by atoms with Gasteiger partial charge >= 0.3 is 5.97 Å². The molecule has 1 saturated heterocycles. The Bertz CT molecular complexity index is 895. The van der Waals surface area contributed by atoms with Crippen LogP contribution in [0, 0.1) is 10.1 Å². The monoisotopic (exact) mass is 417 g/mol. The molecule has 8 nitrogen and oxygen atoms in total. The van der Waals surface area contributed by atoms with Gasteiger partial charge in [0.1, 0.15) is 0 Å². The number of ether oxygens (including phenoxy) is 1. The average Bonchev–Trinajstić information content (AvgIpc) is 2.74. The van der Waals surface area contributed by atoms with E-state index in [0.29, 0.717) is 36.8 Å². The first-order chi connectivity index (χ1) is 13.9. The summed E-state index contributed by atoms with van der Waals surface area (Å²) in [6, 6.07) is 13.3. The van der Waals surface area contributed by atoms with Crippen molar-refractivity contribution in [2.75, 3.05) is 37.7 Å². The van der Waals surface area contributed by atoms with Gasteiger partial charge in [-0.3, -0.25) is 19.7 Å². The van der Waals surface area contributed by atoms with Gasteiger partial charge in [-0.1, -0.05) is 29.8 Å². The Balaban J connectivity index is 1.44. The number of piperazine rings is 1. The summed E-state index contributed by atoms with van der Waals surface area (Å²) < 4.78 is 5.10. The van der Waals surface area contributed by atoms with Gasteiger partial charge in [0.25, 0.3) is 11.6 Å². The lowest BCUT2D eigenvalue weighted by Gasteiger charge is -2.36. The number of esters is 1. The molecule has 0 bridgehead atoms. The van der Waals surface area contributed by atoms with Crippen LogP contribution in [0.2, 0.25) is 5.02 Å². The zero-order valence-corrected chi connectivity index (χ0v) is 16.4. The Labute approximate surface area is 172 Å². The summed E-state index contributed by atoms with van der Waals surface area (Å²) in [5.74, 6) is -0.753. The number of non-ortho nitro benzene ring substituents is 1. The summed E-state index contributed by atoms with van der Waals surface area (Å²) in [6.07, 6.45) is 0.0148. The molecule has 0 aromatic heterocycles. The molecule has 29 heavy (non-hydrogen) atoms. The van der Waals surface area contributed by atoms with Crippen LogP contribution in [-0.4, -0.2) is 54.5 Å². The molecule has 0 unspecified atom stereocenters. The van der Waals surface area contributed by atoms with E-state index >= 15 is 0 Å². The Morgan fingerprint density at radius 2 is 1.69 bits per heavy atom. The van der Waals surface area contributed by atoms with Crippen molar-refractivity contribution in [2.45, 2.75) is 6.42 Å². The minimum absolute atomic E-state index is 0.0148. The zero-order chi connectivity index (χ0) is 20.8. The van der Waals surface area contributed by atoms with Gasteiger partial charge in [0.15, 0.2) is 6.61 Å². The van der Waals surface area contributed by atoms with Crippen LogP contribution < -0.4 is 4.90 Å². The lowest BCUT2D eigenvalue weighted by molar-refractivity contribution is -0.384. The lowest BCUT2D eigenvalue weighted by Crippen LogP contribution is -2.49. The molecule has 1 aliphatic rings. The van der Waals surface area contributed by atoms with Gasteiger partial charge in [-0.05, 0) is 23.8 Å². The summed E-state index contributed by atoms with van der Waals surface area (Å²) in [7, 11) is 0. The number of rotatable bonds is 6. The third kappa shape index (κ3) is 5.45. The first kappa shape index (κ1) is 20.6. The molecule has 152 valence electrons. The molecule has 0 aliphatic carbocycles. The first-order valence-electron chi connectivity index (χ1n) is 9.10. The number of carbonyl (C=O) groups excluding carboxylic acids is 2. The number of hydrogen-bond acceptors (Lipinski definition) is 6. The van der Waals surface area contributed by atoms with E-state index in [1.807, 2.05) is 0 Å². The number of benzene rings is 2. The fourth-order valence-corrected chi connectivity index (χ4v) is 3.28. The second-order valence-electron chi connectivity index (χ2n) is 6.57. The number of halogens is 1. The SMILES string of the molecule is O=C(Cc1ccccc1Cl)OCC(=O)N1CCN(c2ccc([N+](=O)[O-])cc2)CC1. The van der Waals surface area contributed by atoms with Gasteiger partial charge in [0.2, 0.25) is 0 Å². The quantitative estimate of drug-likeness (QED) is 0.407. The predicted octanol–water partition coefficient (Wildman–Crippen LogP) is 2.68. The van der Waals surface area contributed by atoms with Crippen molar-refractivity contribution < 1.29 is 19.2 Å². The maximum atomic E-state index is 12.3. The van der Waals surface area contributed by atoms with Crippen molar-refractivity contribution in [3.63, 3.8) is 0 Å². The fraction of sp³-hybridized carbons (Fsp3) is 0.300. The van der Waals surface area contributed by atoms with Gasteiger partial charge in [-0.2, -0.15) is 0 Å². The van der Waals surface area contributed by atoms with Crippen molar-refractivity contribution in [1.82, 2.24) is 4.90 Å². The summed E-state index contributed by atoms with van der Waals surface area (Å²) in [6.45, 7) is 1.85. The molecule has 9 heteroatoms. The Morgan fingerprint density at radius 3 is 2.31 bits per heavy atom. The molecule has 1 fully saturated rings. The molecule has 0 N–H and O–H groups in total. The Morgan fingerprint density at radius 1 is 1.03 bits per heavy atom. The van der Waals surface area contributed by atoms with E-state index < -0.39 is 10.9 Å². The van der Waals surface area contributed by atoms with E-state index in [2.05, 4.69) is 4.90 Å². The molecule has 1 aliphatic heterocycles. The molecule has 0 atom stereocenters. The van der Waals surface area contributed by atoms with Gasteiger partial charge in [0.05, 0.1) is 11.3 Å². The van der Waals surface area contributed by atoms with Gasteiger partial charge in [0, 0.05) is 49.0 Å². The Kier molecular flexibility index (Phi) is 6.66. The van der Waals surface area contributed by atoms with Crippen LogP contribution in [0.1, 0.15) is 5.56 Å². The number of nitro benzene ring substituents is 1. The van der Waals surface area contributed by atoms with Crippen molar-refractivity contribution in [3.8, 4) is 0 Å². The molecule has 2 aromatic carbocycles. The fourth-order valence-electron chi connectivity index (χ4n) is 3.08. The highest BCUT2D eigenvalue weighted by atomic mass is 35.5. The van der Waals surface area contributed by atoms with Crippen LogP contribution in [0.3, 0.4) is 0 Å². The second kappa shape index (κ2) is 9.38. The molecule has 1 heterocycles. The highest BCUT2D eigenvalue weighted by Crippen LogP contribution is 2.21. The number of nitrogens with zero attached hydrogens (tertiary/aromatic N) is 3. The number of anilines is 1. The number of amides is 1. The Hall–Kier alpha value is -3.13. The third-order valence-electron chi connectivity index (χ3n) is 4.71. The molecule has 0 radical (unpaired) electrons. The van der Waals surface area contributed by atoms with E-state index in [-0.39, 0.29) is 24.6 Å². The summed E-state index contributed by atoms with van der Waals surface area (Å²) >= 11 is 6.02. The minimum Gasteiger partial charge on any atom is -0.455 e. The smallest absolute Gasteiger partial charge is 0.310 e. The molecule has 3 rings (SSSR count). The van der Waals surface area contributed by atoms with Gasteiger partial charge in [-0.15, -0.1) is 0 Å². The topological polar surface area (TPSA) is 93.0 Å². The normalized spacial score (nSPS) is 13.8. The maximum Gasteiger partial charge on any atom is 0.310 e. The van der Waals surface area contributed by atoms with Crippen molar-refractivity contribution in [2.24, 2.45) is 0 Å². The number of carbonyl (C=O) groups is 2. The van der Waals surface area contributed by atoms with Crippen LogP contribution in [0.15, 0.2) is 48.5 Å². The summed E-state index contributed by atoms with van der Waals surface area (Å²) in [5.41, 5.74) is 1.57. The van der Waals surface area contributed by atoms with E-state index in [4.69, 9.17) is 16.3 Å². The van der Waals surface area contributed by atoms with Crippen LogP contribution in [0.5, 0.6) is 0 Å². The average molecular weight is 418 g/mol. The highest BCUT2D eigenvalue weighted by molar-refractivity contribution is 6.31. The molecular weight excluding hydrogens is 398 g/mol. The largest absolute Gasteiger partial charge is 0.455 e. The van der Waals surface area contributed by atoms with E-state index in [1.54, 1.807) is 41.3 Å². The molecule has 1 amide bonds. The van der Waals surface area contributed by atoms with Crippen molar-refractivity contribution in [3.05, 3.63) is 69.2 Å². The van der Waals surface area contributed by atoms with Crippen LogP contribution in [0.25, 0.3) is 0 Å². The molecule has 0 spiro atoms. The van der Waals surface area contributed by atoms with Crippen LogP contribution in [0.4, 0.5) is 11.4 Å². The standard InChI is InChI=1S/C20H20ClN3O5/c21-18-4-2-1-3-15(18)13-20(26)29-14-19(25)23-11-9-22(10-12-23)16-5-7-17(8-6-16)24(27)28/h1-8H,9-14H2. The number of nitro groups is 1. The molecular formula is C20H20ClN3O5. The van der Waals surface area contributed by atoms with E-state index in [1.165, 1.54) is 12.1 Å². The lowest BCUT2D eigenvalue weighted by atomic mass is 10.1. The van der Waals surface area contributed by atoms with Gasteiger partial charge < -0.3 is 14.5 Å². The summed E-state index contributed by atoms with van der Waals surface area (Å²) in [5, 5.41) is 11.2. The molecule has 2 aromatic rings. The second-order valence-corrected chi connectivity index (χ2v) is 6.98. The third-order valence-corrected chi connectivity index (χ3v) is 5.08. The van der Waals surface area contributed by atoms with E-state index in [0.717, 1.165) is 5.69 Å². The maximum absolute atomic E-state index is 12.3. The van der Waals surface area contributed by atoms with Crippen molar-refractivity contribution >= 4 is 34.9 Å². The van der Waals surface area contributed by atoms with Crippen molar-refractivity contribution in [1.29, 1.82) is 0 Å². The summed E-state index contributed by atoms with van der Waals surface area (Å²) in [4.78, 5) is 38.3. The van der Waals surface area contributed by atoms with Crippen LogP contribution >= 0.6 is 11.6 Å². The first-order valence-corrected chi connectivity index (χ1v) is 9.48. The van der Waals surface area contributed by atoms with E-state index in [9.17, 15) is 19.7 Å². The number of hydrogen-bond donors (Lipinski definition) is 0. The van der Waals surface area contributed by atoms with Crippen LogP contribution in [-0.2, 0) is 20.7 Å². The minimum atomic E-state index is -0.504.